The van der Waals surface area contributed by atoms with Gasteiger partial charge in [0.05, 0.1) is 12.0 Å². The topological polar surface area (TPSA) is 62.3 Å². The quantitative estimate of drug-likeness (QED) is 0.926. The molecule has 25 heavy (non-hydrogen) atoms. The van der Waals surface area contributed by atoms with Crippen molar-refractivity contribution in [3.05, 3.63) is 59.9 Å². The summed E-state index contributed by atoms with van der Waals surface area (Å²) >= 11 is 0. The maximum absolute atomic E-state index is 13.4. The number of hydrogen-bond donors (Lipinski definition) is 1. The van der Waals surface area contributed by atoms with Gasteiger partial charge in [-0.3, -0.25) is 14.6 Å². The van der Waals surface area contributed by atoms with Crippen LogP contribution in [0.4, 0.5) is 14.5 Å². The first-order chi connectivity index (χ1) is 11.9. The third-order valence-electron chi connectivity index (χ3n) is 4.20. The maximum atomic E-state index is 13.4. The fourth-order valence-corrected chi connectivity index (χ4v) is 2.87. The van der Waals surface area contributed by atoms with E-state index in [2.05, 4.69) is 10.3 Å². The number of rotatable bonds is 4. The summed E-state index contributed by atoms with van der Waals surface area (Å²) in [5.74, 6) is -2.71. The molecule has 0 aliphatic carbocycles. The highest BCUT2D eigenvalue weighted by atomic mass is 19.1. The number of halogens is 2. The van der Waals surface area contributed by atoms with Crippen LogP contribution < -0.4 is 10.2 Å². The summed E-state index contributed by atoms with van der Waals surface area (Å²) < 4.78 is 26.7. The van der Waals surface area contributed by atoms with E-state index >= 15 is 0 Å². The summed E-state index contributed by atoms with van der Waals surface area (Å²) in [4.78, 5) is 29.8. The second-order valence-corrected chi connectivity index (χ2v) is 6.05. The SMILES string of the molecule is CC(NC(=O)C1CC(=O)N(c2cc(F)cc(F)c2)C1)c1cccnc1. The number of aromatic nitrogens is 1. The smallest absolute Gasteiger partial charge is 0.227 e. The van der Waals surface area contributed by atoms with Gasteiger partial charge >= 0.3 is 0 Å². The van der Waals surface area contributed by atoms with Crippen molar-refractivity contribution in [2.45, 2.75) is 19.4 Å². The van der Waals surface area contributed by atoms with E-state index in [1.54, 1.807) is 18.5 Å². The summed E-state index contributed by atoms with van der Waals surface area (Å²) in [7, 11) is 0. The Morgan fingerprint density at radius 3 is 2.68 bits per heavy atom. The van der Waals surface area contributed by atoms with Gasteiger partial charge in [-0.05, 0) is 30.7 Å². The van der Waals surface area contributed by atoms with E-state index in [1.165, 1.54) is 4.90 Å². The van der Waals surface area contributed by atoms with E-state index in [-0.39, 0.29) is 36.5 Å². The molecule has 2 heterocycles. The van der Waals surface area contributed by atoms with Crippen LogP contribution in [0.2, 0.25) is 0 Å². The van der Waals surface area contributed by atoms with Gasteiger partial charge in [-0.15, -0.1) is 0 Å². The number of benzene rings is 1. The first-order valence-electron chi connectivity index (χ1n) is 7.91. The van der Waals surface area contributed by atoms with Gasteiger partial charge in [0.15, 0.2) is 0 Å². The van der Waals surface area contributed by atoms with Crippen molar-refractivity contribution in [3.63, 3.8) is 0 Å². The van der Waals surface area contributed by atoms with E-state index in [4.69, 9.17) is 0 Å². The third-order valence-corrected chi connectivity index (χ3v) is 4.20. The molecular formula is C18H17F2N3O2. The molecule has 2 unspecified atom stereocenters. The van der Waals surface area contributed by atoms with Crippen molar-refractivity contribution < 1.29 is 18.4 Å². The van der Waals surface area contributed by atoms with Crippen LogP contribution in [0, 0.1) is 17.6 Å². The zero-order valence-electron chi connectivity index (χ0n) is 13.6. The number of carbonyl (C=O) groups is 2. The normalized spacial score (nSPS) is 18.3. The molecule has 5 nitrogen and oxygen atoms in total. The van der Waals surface area contributed by atoms with E-state index < -0.39 is 17.6 Å². The standard InChI is InChI=1S/C18H17F2N3O2/c1-11(12-3-2-4-21-9-12)22-18(25)13-5-17(24)23(10-13)16-7-14(19)6-15(20)8-16/h2-4,6-9,11,13H,5,10H2,1H3,(H,22,25). The highest BCUT2D eigenvalue weighted by Gasteiger charge is 2.35. The van der Waals surface area contributed by atoms with E-state index in [0.29, 0.717) is 0 Å². The number of anilines is 1. The Hall–Kier alpha value is -2.83. The van der Waals surface area contributed by atoms with Gasteiger partial charge in [0, 0.05) is 37.1 Å². The Labute approximate surface area is 143 Å². The van der Waals surface area contributed by atoms with Crippen LogP contribution in [-0.4, -0.2) is 23.3 Å². The molecule has 0 saturated carbocycles. The molecule has 3 rings (SSSR count). The zero-order chi connectivity index (χ0) is 18.0. The fraction of sp³-hybridized carbons (Fsp3) is 0.278. The molecule has 1 aromatic heterocycles. The molecule has 2 amide bonds. The van der Waals surface area contributed by atoms with Gasteiger partial charge in [-0.1, -0.05) is 6.07 Å². The Bertz CT molecular complexity index is 778. The molecule has 0 spiro atoms. The molecule has 1 N–H and O–H groups in total. The third kappa shape index (κ3) is 3.81. The zero-order valence-corrected chi connectivity index (χ0v) is 13.6. The first kappa shape index (κ1) is 17.0. The lowest BCUT2D eigenvalue weighted by atomic mass is 10.1. The molecule has 1 aliphatic heterocycles. The maximum Gasteiger partial charge on any atom is 0.227 e. The summed E-state index contributed by atoms with van der Waals surface area (Å²) in [5.41, 5.74) is 0.974. The minimum atomic E-state index is -0.763. The largest absolute Gasteiger partial charge is 0.349 e. The van der Waals surface area contributed by atoms with Crippen LogP contribution >= 0.6 is 0 Å². The second kappa shape index (κ2) is 6.96. The molecule has 2 aromatic rings. The van der Waals surface area contributed by atoms with Crippen LogP contribution in [0.5, 0.6) is 0 Å². The monoisotopic (exact) mass is 345 g/mol. The molecule has 1 aliphatic rings. The summed E-state index contributed by atoms with van der Waals surface area (Å²) in [6.45, 7) is 1.92. The van der Waals surface area contributed by atoms with E-state index in [1.807, 2.05) is 13.0 Å². The van der Waals surface area contributed by atoms with Crippen LogP contribution in [-0.2, 0) is 9.59 Å². The van der Waals surface area contributed by atoms with Gasteiger partial charge in [-0.2, -0.15) is 0 Å². The Balaban J connectivity index is 1.68. The van der Waals surface area contributed by atoms with Crippen LogP contribution in [0.1, 0.15) is 24.9 Å². The lowest BCUT2D eigenvalue weighted by molar-refractivity contribution is -0.126. The van der Waals surface area contributed by atoms with Crippen LogP contribution in [0.3, 0.4) is 0 Å². The number of carbonyl (C=O) groups excluding carboxylic acids is 2. The molecule has 7 heteroatoms. The predicted octanol–water partition coefficient (Wildman–Crippen LogP) is 2.59. The average molecular weight is 345 g/mol. The summed E-state index contributed by atoms with van der Waals surface area (Å²) in [6, 6.07) is 6.27. The lowest BCUT2D eigenvalue weighted by Gasteiger charge is -2.18. The summed E-state index contributed by atoms with van der Waals surface area (Å²) in [6.07, 6.45) is 3.31. The highest BCUT2D eigenvalue weighted by molar-refractivity contribution is 6.00. The molecule has 1 saturated heterocycles. The Kier molecular flexibility index (Phi) is 4.74. The second-order valence-electron chi connectivity index (χ2n) is 6.05. The van der Waals surface area contributed by atoms with E-state index in [0.717, 1.165) is 23.8 Å². The first-order valence-corrected chi connectivity index (χ1v) is 7.91. The fourth-order valence-electron chi connectivity index (χ4n) is 2.87. The van der Waals surface area contributed by atoms with Gasteiger partial charge in [0.1, 0.15) is 11.6 Å². The molecule has 0 bridgehead atoms. The van der Waals surface area contributed by atoms with Crippen molar-refractivity contribution in [2.75, 3.05) is 11.4 Å². The Morgan fingerprint density at radius 1 is 1.32 bits per heavy atom. The van der Waals surface area contributed by atoms with Gasteiger partial charge < -0.3 is 10.2 Å². The highest BCUT2D eigenvalue weighted by Crippen LogP contribution is 2.27. The van der Waals surface area contributed by atoms with Gasteiger partial charge in [0.2, 0.25) is 11.8 Å². The predicted molar refractivity (Wildman–Crippen MR) is 87.6 cm³/mol. The van der Waals surface area contributed by atoms with Gasteiger partial charge in [-0.25, -0.2) is 8.78 Å². The number of hydrogen-bond acceptors (Lipinski definition) is 3. The summed E-state index contributed by atoms with van der Waals surface area (Å²) in [5, 5.41) is 2.85. The van der Waals surface area contributed by atoms with Crippen molar-refractivity contribution in [1.29, 1.82) is 0 Å². The van der Waals surface area contributed by atoms with E-state index in [9.17, 15) is 18.4 Å². The Morgan fingerprint density at radius 2 is 2.04 bits per heavy atom. The van der Waals surface area contributed by atoms with Crippen LogP contribution in [0.15, 0.2) is 42.7 Å². The molecule has 2 atom stereocenters. The van der Waals surface area contributed by atoms with Crippen LogP contribution in [0.25, 0.3) is 0 Å². The minimum absolute atomic E-state index is 0.00370. The van der Waals surface area contributed by atoms with Crippen molar-refractivity contribution in [3.8, 4) is 0 Å². The number of nitrogens with one attached hydrogen (secondary N) is 1. The van der Waals surface area contributed by atoms with Gasteiger partial charge in [0.25, 0.3) is 0 Å². The van der Waals surface area contributed by atoms with Crippen molar-refractivity contribution in [2.24, 2.45) is 5.92 Å². The number of pyridine rings is 1. The molecular weight excluding hydrogens is 328 g/mol. The van der Waals surface area contributed by atoms with Crippen molar-refractivity contribution in [1.82, 2.24) is 10.3 Å². The molecule has 1 aromatic carbocycles. The minimum Gasteiger partial charge on any atom is -0.349 e. The lowest BCUT2D eigenvalue weighted by Crippen LogP contribution is -2.34. The molecule has 1 fully saturated rings. The average Bonchev–Trinajstić information content (AvgIpc) is 2.97. The van der Waals surface area contributed by atoms with Crippen molar-refractivity contribution >= 4 is 17.5 Å². The number of amides is 2. The molecule has 130 valence electrons. The number of nitrogens with zero attached hydrogens (tertiary/aromatic N) is 2. The molecule has 0 radical (unpaired) electrons.